The molecule has 4 rings (SSSR count). The van der Waals surface area contributed by atoms with Gasteiger partial charge in [0.05, 0.1) is 25.3 Å². The van der Waals surface area contributed by atoms with E-state index in [4.69, 9.17) is 16.3 Å². The number of carbonyl (C=O) groups is 1. The van der Waals surface area contributed by atoms with Crippen molar-refractivity contribution in [2.75, 3.05) is 26.3 Å². The van der Waals surface area contributed by atoms with Crippen molar-refractivity contribution in [1.29, 1.82) is 0 Å². The molecule has 7 nitrogen and oxygen atoms in total. The summed E-state index contributed by atoms with van der Waals surface area (Å²) >= 11 is 5.96. The van der Waals surface area contributed by atoms with Gasteiger partial charge in [0.15, 0.2) is 0 Å². The third-order valence-corrected chi connectivity index (χ3v) is 5.96. The quantitative estimate of drug-likeness (QED) is 0.464. The maximum atomic E-state index is 13.2. The lowest BCUT2D eigenvalue weighted by molar-refractivity contribution is -0.136. The number of benzene rings is 1. The van der Waals surface area contributed by atoms with Crippen LogP contribution in [-0.2, 0) is 22.5 Å². The predicted octanol–water partition coefficient (Wildman–Crippen LogP) is 3.95. The van der Waals surface area contributed by atoms with Gasteiger partial charge in [-0.2, -0.15) is 13.2 Å². The molecular formula is C23H24ClF3N4O3. The molecule has 0 spiro atoms. The van der Waals surface area contributed by atoms with Crippen LogP contribution in [0.1, 0.15) is 24.8 Å². The Morgan fingerprint density at radius 2 is 1.79 bits per heavy atom. The van der Waals surface area contributed by atoms with Crippen molar-refractivity contribution >= 4 is 23.3 Å². The highest BCUT2D eigenvalue weighted by Crippen LogP contribution is 2.24. The van der Waals surface area contributed by atoms with Crippen molar-refractivity contribution in [2.45, 2.75) is 38.4 Å². The van der Waals surface area contributed by atoms with Gasteiger partial charge in [0.2, 0.25) is 11.7 Å². The van der Waals surface area contributed by atoms with Crippen LogP contribution in [0.15, 0.2) is 41.5 Å². The van der Waals surface area contributed by atoms with Crippen LogP contribution in [-0.4, -0.2) is 57.2 Å². The number of hydrogen-bond donors (Lipinski definition) is 0. The highest BCUT2D eigenvalue weighted by Gasteiger charge is 2.26. The maximum absolute atomic E-state index is 13.2. The highest BCUT2D eigenvalue weighted by molar-refractivity contribution is 6.30. The van der Waals surface area contributed by atoms with E-state index in [-0.39, 0.29) is 42.8 Å². The van der Waals surface area contributed by atoms with Gasteiger partial charge in [-0.15, -0.1) is 0 Å². The van der Waals surface area contributed by atoms with Crippen LogP contribution >= 0.6 is 11.6 Å². The first kappa shape index (κ1) is 24.3. The summed E-state index contributed by atoms with van der Waals surface area (Å²) in [6, 6.07) is 6.95. The molecule has 0 radical (unpaired) electrons. The molecule has 0 bridgehead atoms. The molecule has 2 aromatic heterocycles. The Labute approximate surface area is 198 Å². The molecule has 182 valence electrons. The van der Waals surface area contributed by atoms with Crippen molar-refractivity contribution in [1.82, 2.24) is 18.9 Å². The molecule has 11 heteroatoms. The first-order valence-electron chi connectivity index (χ1n) is 11.0. The third kappa shape index (κ3) is 5.79. The second-order valence-electron chi connectivity index (χ2n) is 8.20. The van der Waals surface area contributed by atoms with Gasteiger partial charge in [-0.05, 0) is 25.0 Å². The Morgan fingerprint density at radius 1 is 1.09 bits per heavy atom. The fourth-order valence-corrected chi connectivity index (χ4v) is 4.04. The summed E-state index contributed by atoms with van der Waals surface area (Å²) in [6.07, 6.45) is -1.88. The van der Waals surface area contributed by atoms with E-state index in [0.717, 1.165) is 5.56 Å². The molecule has 0 unspecified atom stereocenters. The molecule has 0 N–H and O–H groups in total. The standard InChI is InChI=1S/C23H24ClF3N4O3/c24-18-5-3-16(4-6-18)19-15-31-21(33)17(13-20(32)29-9-11-34-12-10-29)14-30(22(31)28-19)8-2-1-7-23(25,26)27/h3-6,14-15H,1-2,7-13H2. The number of hydrogen-bond acceptors (Lipinski definition) is 4. The Hall–Kier alpha value is -2.85. The summed E-state index contributed by atoms with van der Waals surface area (Å²) in [7, 11) is 0. The zero-order chi connectivity index (χ0) is 24.3. The van der Waals surface area contributed by atoms with Crippen LogP contribution in [0.4, 0.5) is 13.2 Å². The summed E-state index contributed by atoms with van der Waals surface area (Å²) in [6.45, 7) is 2.03. The minimum absolute atomic E-state index is 0.0470. The molecule has 1 aromatic carbocycles. The number of aryl methyl sites for hydroxylation is 1. The Bertz CT molecular complexity index is 1220. The lowest BCUT2D eigenvalue weighted by atomic mass is 10.2. The smallest absolute Gasteiger partial charge is 0.378 e. The number of rotatable bonds is 7. The van der Waals surface area contributed by atoms with E-state index in [9.17, 15) is 22.8 Å². The van der Waals surface area contributed by atoms with Crippen LogP contribution in [0.2, 0.25) is 5.02 Å². The average molecular weight is 497 g/mol. The molecule has 0 saturated carbocycles. The number of alkyl halides is 3. The SMILES string of the molecule is O=C(Cc1cn(CCCCC(F)(F)F)c2nc(-c3ccc(Cl)cc3)cn2c1=O)N1CCOCC1. The molecule has 1 aliphatic rings. The minimum Gasteiger partial charge on any atom is -0.378 e. The maximum Gasteiger partial charge on any atom is 0.389 e. The largest absolute Gasteiger partial charge is 0.389 e. The van der Waals surface area contributed by atoms with E-state index in [2.05, 4.69) is 4.98 Å². The van der Waals surface area contributed by atoms with E-state index in [1.807, 2.05) is 0 Å². The van der Waals surface area contributed by atoms with Crippen molar-refractivity contribution in [2.24, 2.45) is 0 Å². The monoisotopic (exact) mass is 496 g/mol. The number of morpholine rings is 1. The molecule has 1 amide bonds. The second-order valence-corrected chi connectivity index (χ2v) is 8.63. The van der Waals surface area contributed by atoms with Crippen LogP contribution in [0.3, 0.4) is 0 Å². The fourth-order valence-electron chi connectivity index (χ4n) is 3.92. The van der Waals surface area contributed by atoms with Gasteiger partial charge in [0.1, 0.15) is 0 Å². The van der Waals surface area contributed by atoms with Gasteiger partial charge in [0, 0.05) is 54.6 Å². The molecule has 3 aromatic rings. The van der Waals surface area contributed by atoms with Gasteiger partial charge < -0.3 is 14.2 Å². The van der Waals surface area contributed by atoms with Gasteiger partial charge in [0.25, 0.3) is 5.56 Å². The first-order chi connectivity index (χ1) is 16.2. The normalized spacial score (nSPS) is 14.6. The van der Waals surface area contributed by atoms with Crippen LogP contribution in [0, 0.1) is 0 Å². The van der Waals surface area contributed by atoms with Crippen LogP contribution in [0.5, 0.6) is 0 Å². The Morgan fingerprint density at radius 3 is 2.47 bits per heavy atom. The van der Waals surface area contributed by atoms with Crippen molar-refractivity contribution in [3.05, 3.63) is 57.6 Å². The van der Waals surface area contributed by atoms with E-state index in [1.165, 1.54) is 4.40 Å². The number of amides is 1. The van der Waals surface area contributed by atoms with E-state index >= 15 is 0 Å². The molecule has 0 atom stereocenters. The molecule has 34 heavy (non-hydrogen) atoms. The number of fused-ring (bicyclic) bond motifs is 1. The number of nitrogens with zero attached hydrogens (tertiary/aromatic N) is 4. The van der Waals surface area contributed by atoms with Crippen molar-refractivity contribution in [3.8, 4) is 11.3 Å². The Kier molecular flexibility index (Phi) is 7.27. The van der Waals surface area contributed by atoms with E-state index in [1.54, 1.807) is 46.1 Å². The van der Waals surface area contributed by atoms with Gasteiger partial charge in [-0.3, -0.25) is 14.0 Å². The number of unbranched alkanes of at least 4 members (excludes halogenated alkanes) is 1. The summed E-state index contributed by atoms with van der Waals surface area (Å²) < 4.78 is 46.0. The lowest BCUT2D eigenvalue weighted by Crippen LogP contribution is -2.42. The number of ether oxygens (including phenoxy) is 1. The van der Waals surface area contributed by atoms with Crippen LogP contribution < -0.4 is 5.56 Å². The minimum atomic E-state index is -4.22. The third-order valence-electron chi connectivity index (χ3n) is 5.70. The highest BCUT2D eigenvalue weighted by atomic mass is 35.5. The van der Waals surface area contributed by atoms with Crippen molar-refractivity contribution in [3.63, 3.8) is 0 Å². The van der Waals surface area contributed by atoms with E-state index < -0.39 is 12.6 Å². The molecule has 3 heterocycles. The topological polar surface area (TPSA) is 68.8 Å². The first-order valence-corrected chi connectivity index (χ1v) is 11.4. The summed E-state index contributed by atoms with van der Waals surface area (Å²) in [5.41, 5.74) is 1.15. The van der Waals surface area contributed by atoms with Crippen LogP contribution in [0.25, 0.3) is 17.0 Å². The molecule has 1 saturated heterocycles. The summed E-state index contributed by atoms with van der Waals surface area (Å²) in [5, 5.41) is 0.556. The number of aromatic nitrogens is 3. The second kappa shape index (κ2) is 10.2. The Balaban J connectivity index is 1.66. The number of carbonyl (C=O) groups excluding carboxylic acids is 1. The molecule has 1 aliphatic heterocycles. The van der Waals surface area contributed by atoms with Gasteiger partial charge in [-0.25, -0.2) is 4.98 Å². The zero-order valence-electron chi connectivity index (χ0n) is 18.4. The molecule has 1 fully saturated rings. The summed E-state index contributed by atoms with van der Waals surface area (Å²) in [4.78, 5) is 32.2. The number of imidazole rings is 1. The summed E-state index contributed by atoms with van der Waals surface area (Å²) in [5.74, 6) is 0.117. The zero-order valence-corrected chi connectivity index (χ0v) is 19.1. The van der Waals surface area contributed by atoms with E-state index in [0.29, 0.717) is 42.8 Å². The molecular weight excluding hydrogens is 473 g/mol. The number of halogens is 4. The van der Waals surface area contributed by atoms with Gasteiger partial charge in [-0.1, -0.05) is 23.7 Å². The van der Waals surface area contributed by atoms with Gasteiger partial charge >= 0.3 is 6.18 Å². The average Bonchev–Trinajstić information content (AvgIpc) is 3.26. The van der Waals surface area contributed by atoms with Crippen molar-refractivity contribution < 1.29 is 22.7 Å². The lowest BCUT2D eigenvalue weighted by Gasteiger charge is -2.26. The fraction of sp³-hybridized carbons (Fsp3) is 0.435. The molecule has 0 aliphatic carbocycles. The predicted molar refractivity (Wildman–Crippen MR) is 121 cm³/mol.